The Balaban J connectivity index is 2.29. The Bertz CT molecular complexity index is 807. The molecule has 1 N–H and O–H groups in total. The van der Waals surface area contributed by atoms with E-state index in [-0.39, 0.29) is 22.5 Å². The number of benzene rings is 1. The fraction of sp³-hybridized carbons (Fsp3) is 0.143. The molecule has 2 heterocycles. The summed E-state index contributed by atoms with van der Waals surface area (Å²) < 4.78 is 40.8. The first-order valence-electron chi connectivity index (χ1n) is 6.05. The van der Waals surface area contributed by atoms with Gasteiger partial charge in [0.05, 0.1) is 22.8 Å². The molecule has 0 atom stereocenters. The van der Waals surface area contributed by atoms with Crippen LogP contribution in [0.4, 0.5) is 13.2 Å². The predicted octanol–water partition coefficient (Wildman–Crippen LogP) is 3.36. The van der Waals surface area contributed by atoms with Crippen molar-refractivity contribution >= 4 is 11.0 Å². The van der Waals surface area contributed by atoms with Crippen molar-refractivity contribution in [2.24, 2.45) is 7.05 Å². The van der Waals surface area contributed by atoms with Gasteiger partial charge in [0, 0.05) is 12.6 Å². The van der Waals surface area contributed by atoms with E-state index in [0.717, 1.165) is 12.3 Å². The van der Waals surface area contributed by atoms with E-state index in [4.69, 9.17) is 0 Å². The third-order valence-electron chi connectivity index (χ3n) is 3.17. The molecule has 1 aromatic carbocycles. The zero-order valence-electron chi connectivity index (χ0n) is 10.9. The van der Waals surface area contributed by atoms with Gasteiger partial charge in [-0.05, 0) is 30.3 Å². The summed E-state index contributed by atoms with van der Waals surface area (Å²) in [5, 5.41) is 13.1. The number of halogens is 3. The van der Waals surface area contributed by atoms with Gasteiger partial charge in [0.2, 0.25) is 0 Å². The van der Waals surface area contributed by atoms with Crippen molar-refractivity contribution in [3.05, 3.63) is 42.1 Å². The average molecular weight is 293 g/mol. The molecule has 0 bridgehead atoms. The summed E-state index contributed by atoms with van der Waals surface area (Å²) in [6.07, 6.45) is -3.33. The van der Waals surface area contributed by atoms with E-state index in [1.165, 1.54) is 36.0 Å². The minimum Gasteiger partial charge on any atom is -0.508 e. The molecule has 7 heteroatoms. The average Bonchev–Trinajstić information content (AvgIpc) is 2.79. The summed E-state index contributed by atoms with van der Waals surface area (Å²) in [5.74, 6) is 0.0383. The van der Waals surface area contributed by atoms with Crippen LogP contribution < -0.4 is 0 Å². The number of nitrogens with zero attached hydrogens (tertiary/aromatic N) is 3. The van der Waals surface area contributed by atoms with E-state index in [9.17, 15) is 18.3 Å². The van der Waals surface area contributed by atoms with Crippen LogP contribution in [0, 0.1) is 0 Å². The number of aryl methyl sites for hydroxylation is 1. The standard InChI is InChI=1S/C14H10F3N3O/c1-20-13-10(7-18-20)11(14(15,16)17)6-12(19-13)8-2-4-9(21)5-3-8/h2-7,21H,1H3. The molecule has 21 heavy (non-hydrogen) atoms. The number of hydrogen-bond acceptors (Lipinski definition) is 3. The number of phenolic OH excluding ortho intramolecular Hbond substituents is 1. The number of fused-ring (bicyclic) bond motifs is 1. The maximum Gasteiger partial charge on any atom is 0.417 e. The zero-order chi connectivity index (χ0) is 15.2. The van der Waals surface area contributed by atoms with E-state index >= 15 is 0 Å². The van der Waals surface area contributed by atoms with Crippen LogP contribution in [0.15, 0.2) is 36.5 Å². The second-order valence-electron chi connectivity index (χ2n) is 4.61. The summed E-state index contributed by atoms with van der Waals surface area (Å²) >= 11 is 0. The molecule has 0 fully saturated rings. The number of rotatable bonds is 1. The predicted molar refractivity (Wildman–Crippen MR) is 70.6 cm³/mol. The fourth-order valence-electron chi connectivity index (χ4n) is 2.13. The zero-order valence-corrected chi connectivity index (χ0v) is 10.9. The molecule has 0 aliphatic rings. The lowest BCUT2D eigenvalue weighted by atomic mass is 10.1. The lowest BCUT2D eigenvalue weighted by Crippen LogP contribution is -2.07. The molecule has 0 spiro atoms. The molecular formula is C14H10F3N3O. The highest BCUT2D eigenvalue weighted by Gasteiger charge is 2.34. The summed E-state index contributed by atoms with van der Waals surface area (Å²) in [6.45, 7) is 0. The van der Waals surface area contributed by atoms with E-state index in [1.54, 1.807) is 0 Å². The van der Waals surface area contributed by atoms with Crippen LogP contribution in [0.2, 0.25) is 0 Å². The van der Waals surface area contributed by atoms with Crippen LogP contribution in [0.25, 0.3) is 22.3 Å². The Kier molecular flexibility index (Phi) is 2.86. The van der Waals surface area contributed by atoms with Gasteiger partial charge in [-0.3, -0.25) is 4.68 Å². The Morgan fingerprint density at radius 2 is 1.81 bits per heavy atom. The van der Waals surface area contributed by atoms with E-state index < -0.39 is 11.7 Å². The number of alkyl halides is 3. The lowest BCUT2D eigenvalue weighted by Gasteiger charge is -2.10. The van der Waals surface area contributed by atoms with Gasteiger partial charge in [-0.2, -0.15) is 18.3 Å². The molecule has 2 aromatic heterocycles. The van der Waals surface area contributed by atoms with Crippen LogP contribution in [-0.4, -0.2) is 19.9 Å². The topological polar surface area (TPSA) is 50.9 Å². The molecule has 3 aromatic rings. The van der Waals surface area contributed by atoms with Gasteiger partial charge < -0.3 is 5.11 Å². The summed E-state index contributed by atoms with van der Waals surface area (Å²) in [6, 6.07) is 6.83. The smallest absolute Gasteiger partial charge is 0.417 e. The van der Waals surface area contributed by atoms with Gasteiger partial charge in [0.25, 0.3) is 0 Å². The Morgan fingerprint density at radius 3 is 2.43 bits per heavy atom. The minimum absolute atomic E-state index is 0.0347. The summed E-state index contributed by atoms with van der Waals surface area (Å²) in [7, 11) is 1.54. The highest BCUT2D eigenvalue weighted by molar-refractivity contribution is 5.83. The second-order valence-corrected chi connectivity index (χ2v) is 4.61. The first-order chi connectivity index (χ1) is 9.86. The van der Waals surface area contributed by atoms with Crippen molar-refractivity contribution in [1.29, 1.82) is 0 Å². The minimum atomic E-state index is -4.49. The molecule has 0 saturated carbocycles. The molecule has 0 aliphatic heterocycles. The number of phenols is 1. The van der Waals surface area contributed by atoms with Gasteiger partial charge in [0.1, 0.15) is 5.75 Å². The monoisotopic (exact) mass is 293 g/mol. The molecular weight excluding hydrogens is 283 g/mol. The van der Waals surface area contributed by atoms with Gasteiger partial charge in [0.15, 0.2) is 5.65 Å². The largest absolute Gasteiger partial charge is 0.508 e. The van der Waals surface area contributed by atoms with Crippen LogP contribution in [0.1, 0.15) is 5.56 Å². The number of pyridine rings is 1. The summed E-state index contributed by atoms with van der Waals surface area (Å²) in [5.41, 5.74) is 0.0522. The highest BCUT2D eigenvalue weighted by atomic mass is 19.4. The quantitative estimate of drug-likeness (QED) is 0.748. The molecule has 3 rings (SSSR count). The van der Waals surface area contributed by atoms with Crippen molar-refractivity contribution < 1.29 is 18.3 Å². The van der Waals surface area contributed by atoms with Gasteiger partial charge >= 0.3 is 6.18 Å². The second kappa shape index (κ2) is 4.47. The molecule has 4 nitrogen and oxygen atoms in total. The maximum atomic E-state index is 13.2. The van der Waals surface area contributed by atoms with Gasteiger partial charge in [-0.25, -0.2) is 4.98 Å². The SMILES string of the molecule is Cn1ncc2c(C(F)(F)F)cc(-c3ccc(O)cc3)nc21. The van der Waals surface area contributed by atoms with Crippen LogP contribution in [-0.2, 0) is 13.2 Å². The number of hydrogen-bond donors (Lipinski definition) is 1. The molecule has 0 saturated heterocycles. The highest BCUT2D eigenvalue weighted by Crippen LogP contribution is 2.36. The normalized spacial score (nSPS) is 12.0. The van der Waals surface area contributed by atoms with Crippen LogP contribution in [0.5, 0.6) is 5.75 Å². The molecule has 0 unspecified atom stereocenters. The van der Waals surface area contributed by atoms with E-state index in [1.807, 2.05) is 0 Å². The van der Waals surface area contributed by atoms with Gasteiger partial charge in [-0.15, -0.1) is 0 Å². The van der Waals surface area contributed by atoms with Crippen molar-refractivity contribution in [3.8, 4) is 17.0 Å². The van der Waals surface area contributed by atoms with Gasteiger partial charge in [-0.1, -0.05) is 0 Å². The fourth-order valence-corrected chi connectivity index (χ4v) is 2.13. The van der Waals surface area contributed by atoms with Crippen molar-refractivity contribution in [2.45, 2.75) is 6.18 Å². The van der Waals surface area contributed by atoms with Crippen molar-refractivity contribution in [2.75, 3.05) is 0 Å². The lowest BCUT2D eigenvalue weighted by molar-refractivity contribution is -0.136. The Labute approximate surface area is 117 Å². The molecule has 0 radical (unpaired) electrons. The first-order valence-corrected chi connectivity index (χ1v) is 6.05. The molecule has 0 amide bonds. The van der Waals surface area contributed by atoms with E-state index in [0.29, 0.717) is 5.56 Å². The first kappa shape index (κ1) is 13.4. The summed E-state index contributed by atoms with van der Waals surface area (Å²) in [4.78, 5) is 4.23. The third kappa shape index (κ3) is 2.31. The number of aromatic nitrogens is 3. The van der Waals surface area contributed by atoms with Crippen molar-refractivity contribution in [3.63, 3.8) is 0 Å². The molecule has 108 valence electrons. The van der Waals surface area contributed by atoms with Crippen LogP contribution >= 0.6 is 0 Å². The van der Waals surface area contributed by atoms with Crippen molar-refractivity contribution in [1.82, 2.24) is 14.8 Å². The van der Waals surface area contributed by atoms with E-state index in [2.05, 4.69) is 10.1 Å². The number of aromatic hydroxyl groups is 1. The maximum absolute atomic E-state index is 13.2. The molecule has 0 aliphatic carbocycles. The third-order valence-corrected chi connectivity index (χ3v) is 3.17. The Hall–Kier alpha value is -2.57. The van der Waals surface area contributed by atoms with Crippen LogP contribution in [0.3, 0.4) is 0 Å². The Morgan fingerprint density at radius 1 is 1.14 bits per heavy atom.